The van der Waals surface area contributed by atoms with Crippen LogP contribution >= 0.6 is 0 Å². The number of fused-ring (bicyclic) bond motifs is 3. The highest BCUT2D eigenvalue weighted by Gasteiger charge is 2.73. The Morgan fingerprint density at radius 3 is 2.79 bits per heavy atom. The molecule has 8 atom stereocenters. The van der Waals surface area contributed by atoms with E-state index in [-0.39, 0.29) is 24.2 Å². The molecule has 3 saturated carbocycles. The summed E-state index contributed by atoms with van der Waals surface area (Å²) in [6, 6.07) is 3.56. The molecule has 7 heteroatoms. The zero-order valence-electron chi connectivity index (χ0n) is 19.5. The fourth-order valence-corrected chi connectivity index (χ4v) is 7.60. The molecule has 2 bridgehead atoms. The predicted molar refractivity (Wildman–Crippen MR) is 120 cm³/mol. The Balaban J connectivity index is 1.64. The minimum absolute atomic E-state index is 0.0187. The number of methoxy groups -OCH3 is 1. The lowest BCUT2D eigenvalue weighted by Gasteiger charge is -2.47. The summed E-state index contributed by atoms with van der Waals surface area (Å²) >= 11 is 0. The van der Waals surface area contributed by atoms with Gasteiger partial charge in [-0.2, -0.15) is 0 Å². The van der Waals surface area contributed by atoms with E-state index in [1.165, 1.54) is 14.0 Å². The SMILES string of the molecule is C=C1C[C@]23C[C@@]1(O)CC[C@H]2C1=C[C@@H](OC)[C@H](O)[C@@](C)(C(C)=O)C1[C@@H]3C(=O)NCc1ccco1. The molecule has 4 aliphatic rings. The number of hydrogen-bond acceptors (Lipinski definition) is 6. The molecule has 0 radical (unpaired) electrons. The highest BCUT2D eigenvalue weighted by atomic mass is 16.5. The van der Waals surface area contributed by atoms with Crippen molar-refractivity contribution in [2.24, 2.45) is 28.6 Å². The van der Waals surface area contributed by atoms with Crippen LogP contribution in [0.2, 0.25) is 0 Å². The van der Waals surface area contributed by atoms with E-state index in [1.807, 2.05) is 6.08 Å². The first-order chi connectivity index (χ1) is 15.6. The zero-order chi connectivity index (χ0) is 23.8. The van der Waals surface area contributed by atoms with E-state index in [0.717, 1.165) is 11.1 Å². The number of furan rings is 1. The molecular weight excluding hydrogens is 422 g/mol. The first kappa shape index (κ1) is 22.6. The molecule has 7 nitrogen and oxygen atoms in total. The average Bonchev–Trinajstić information content (AvgIpc) is 3.43. The van der Waals surface area contributed by atoms with E-state index in [4.69, 9.17) is 9.15 Å². The number of aliphatic hydroxyl groups is 2. The highest BCUT2D eigenvalue weighted by Crippen LogP contribution is 2.73. The number of carbonyl (C=O) groups is 2. The molecule has 5 rings (SSSR count). The van der Waals surface area contributed by atoms with Gasteiger partial charge in [0.25, 0.3) is 0 Å². The molecule has 1 heterocycles. The van der Waals surface area contributed by atoms with Crippen LogP contribution < -0.4 is 5.32 Å². The van der Waals surface area contributed by atoms with Gasteiger partial charge < -0.3 is 24.7 Å². The number of allylic oxidation sites excluding steroid dienone is 1. The largest absolute Gasteiger partial charge is 0.467 e. The Kier molecular flexibility index (Phi) is 5.05. The molecule has 4 aliphatic carbocycles. The summed E-state index contributed by atoms with van der Waals surface area (Å²) < 4.78 is 11.0. The fourth-order valence-electron chi connectivity index (χ4n) is 7.60. The van der Waals surface area contributed by atoms with Crippen LogP contribution in [0.5, 0.6) is 0 Å². The quantitative estimate of drug-likeness (QED) is 0.589. The third kappa shape index (κ3) is 2.92. The van der Waals surface area contributed by atoms with Crippen LogP contribution in [0.4, 0.5) is 0 Å². The Hall–Kier alpha value is -2.22. The Labute approximate surface area is 193 Å². The second-order valence-corrected chi connectivity index (χ2v) is 10.7. The van der Waals surface area contributed by atoms with Crippen molar-refractivity contribution in [1.82, 2.24) is 5.32 Å². The minimum Gasteiger partial charge on any atom is -0.467 e. The molecule has 178 valence electrons. The number of ketones is 1. The molecule has 33 heavy (non-hydrogen) atoms. The van der Waals surface area contributed by atoms with Crippen molar-refractivity contribution in [1.29, 1.82) is 0 Å². The van der Waals surface area contributed by atoms with E-state index in [0.29, 0.717) is 31.4 Å². The lowest BCUT2D eigenvalue weighted by Crippen LogP contribution is -2.57. The number of rotatable bonds is 5. The van der Waals surface area contributed by atoms with Crippen LogP contribution in [0.1, 0.15) is 45.3 Å². The van der Waals surface area contributed by atoms with Gasteiger partial charge >= 0.3 is 0 Å². The van der Waals surface area contributed by atoms with Gasteiger partial charge in [0, 0.05) is 13.0 Å². The van der Waals surface area contributed by atoms with E-state index in [2.05, 4.69) is 11.9 Å². The van der Waals surface area contributed by atoms with Gasteiger partial charge in [0.2, 0.25) is 5.91 Å². The van der Waals surface area contributed by atoms with E-state index < -0.39 is 40.5 Å². The number of Topliss-reactive ketones (excluding diaryl/α,β-unsaturated/α-hetero) is 1. The molecule has 1 aromatic heterocycles. The maximum Gasteiger partial charge on any atom is 0.224 e. The molecule has 0 aliphatic heterocycles. The van der Waals surface area contributed by atoms with Gasteiger partial charge in [0.05, 0.1) is 35.8 Å². The Morgan fingerprint density at radius 2 is 2.15 bits per heavy atom. The summed E-state index contributed by atoms with van der Waals surface area (Å²) in [5.74, 6) is -0.759. The number of amides is 1. The van der Waals surface area contributed by atoms with Gasteiger partial charge in [-0.15, -0.1) is 0 Å². The molecule has 0 saturated heterocycles. The number of carbonyl (C=O) groups excluding carboxylic acids is 2. The summed E-state index contributed by atoms with van der Waals surface area (Å²) in [5, 5.41) is 25.6. The summed E-state index contributed by atoms with van der Waals surface area (Å²) in [6.45, 7) is 7.67. The second kappa shape index (κ2) is 7.39. The topological polar surface area (TPSA) is 109 Å². The first-order valence-electron chi connectivity index (χ1n) is 11.7. The minimum atomic E-state index is -1.19. The molecule has 1 spiro atoms. The van der Waals surface area contributed by atoms with E-state index in [1.54, 1.807) is 25.3 Å². The van der Waals surface area contributed by atoms with Gasteiger partial charge in [-0.05, 0) is 68.6 Å². The highest BCUT2D eigenvalue weighted by molar-refractivity contribution is 5.88. The third-order valence-electron chi connectivity index (χ3n) is 9.34. The summed E-state index contributed by atoms with van der Waals surface area (Å²) in [5.41, 5.74) is -0.949. The molecule has 3 fully saturated rings. The number of aliphatic hydroxyl groups excluding tert-OH is 1. The van der Waals surface area contributed by atoms with Gasteiger partial charge in [-0.25, -0.2) is 0 Å². The van der Waals surface area contributed by atoms with Crippen LogP contribution in [-0.4, -0.2) is 46.8 Å². The lowest BCUT2D eigenvalue weighted by atomic mass is 9.58. The fraction of sp³-hybridized carbons (Fsp3) is 0.615. The normalized spacial score (nSPS) is 43.6. The van der Waals surface area contributed by atoms with Gasteiger partial charge in [-0.3, -0.25) is 9.59 Å². The van der Waals surface area contributed by atoms with Crippen LogP contribution in [0.25, 0.3) is 0 Å². The summed E-state index contributed by atoms with van der Waals surface area (Å²) in [6.07, 6.45) is 4.06. The molecule has 3 N–H and O–H groups in total. The van der Waals surface area contributed by atoms with Gasteiger partial charge in [-0.1, -0.05) is 18.2 Å². The maximum absolute atomic E-state index is 13.9. The van der Waals surface area contributed by atoms with Crippen molar-refractivity contribution in [2.45, 2.75) is 63.9 Å². The first-order valence-corrected chi connectivity index (χ1v) is 11.7. The van der Waals surface area contributed by atoms with Crippen LogP contribution in [0, 0.1) is 28.6 Å². The predicted octanol–water partition coefficient (Wildman–Crippen LogP) is 2.53. The van der Waals surface area contributed by atoms with E-state index in [9.17, 15) is 19.8 Å². The van der Waals surface area contributed by atoms with Crippen LogP contribution in [-0.2, 0) is 20.9 Å². The molecule has 1 amide bonds. The van der Waals surface area contributed by atoms with Crippen molar-refractivity contribution >= 4 is 11.7 Å². The lowest BCUT2D eigenvalue weighted by molar-refractivity contribution is -0.152. The molecule has 0 aromatic carbocycles. The Bertz CT molecular complexity index is 1030. The summed E-state index contributed by atoms with van der Waals surface area (Å²) in [4.78, 5) is 27.0. The maximum atomic E-state index is 13.9. The number of nitrogens with one attached hydrogen (secondary N) is 1. The Morgan fingerprint density at radius 1 is 1.39 bits per heavy atom. The molecule has 1 aromatic rings. The second-order valence-electron chi connectivity index (χ2n) is 10.7. The number of ether oxygens (including phenoxy) is 1. The van der Waals surface area contributed by atoms with Crippen molar-refractivity contribution in [3.63, 3.8) is 0 Å². The van der Waals surface area contributed by atoms with Gasteiger partial charge in [0.15, 0.2) is 0 Å². The third-order valence-corrected chi connectivity index (χ3v) is 9.34. The number of hydrogen-bond donors (Lipinski definition) is 3. The zero-order valence-corrected chi connectivity index (χ0v) is 19.5. The standard InChI is InChI=1S/C26H33NO6/c1-14-11-25-13-26(14,31)8-7-18(25)17-10-19(32-4)22(29)24(3,15(2)28)20(17)21(25)23(30)27-12-16-6-5-9-33-16/h5-6,9-10,18-22,29,31H,1,7-8,11-13H2,2-4H3,(H,27,30)/t18-,19+,20?,21+,22-,24-,25-,26-/m0/s1. The smallest absolute Gasteiger partial charge is 0.224 e. The van der Waals surface area contributed by atoms with Crippen molar-refractivity contribution < 1.29 is 29.0 Å². The van der Waals surface area contributed by atoms with E-state index >= 15 is 0 Å². The van der Waals surface area contributed by atoms with Crippen molar-refractivity contribution in [2.75, 3.05) is 7.11 Å². The average molecular weight is 456 g/mol. The molecule has 1 unspecified atom stereocenters. The van der Waals surface area contributed by atoms with Crippen molar-refractivity contribution in [3.8, 4) is 0 Å². The van der Waals surface area contributed by atoms with Crippen LogP contribution in [0.15, 0.2) is 46.6 Å². The van der Waals surface area contributed by atoms with Crippen molar-refractivity contribution in [3.05, 3.63) is 48.0 Å². The molecular formula is C26H33NO6. The monoisotopic (exact) mass is 455 g/mol. The summed E-state index contributed by atoms with van der Waals surface area (Å²) in [7, 11) is 1.53. The van der Waals surface area contributed by atoms with Crippen LogP contribution in [0.3, 0.4) is 0 Å². The van der Waals surface area contributed by atoms with Gasteiger partial charge in [0.1, 0.15) is 17.6 Å².